The van der Waals surface area contributed by atoms with E-state index in [4.69, 9.17) is 33.7 Å². The monoisotopic (exact) mass is 491 g/mol. The highest BCUT2D eigenvalue weighted by Gasteiger charge is 2.50. The van der Waals surface area contributed by atoms with Crippen LogP contribution in [0.1, 0.15) is 37.8 Å². The van der Waals surface area contributed by atoms with E-state index in [9.17, 15) is 4.79 Å². The quantitative estimate of drug-likeness (QED) is 0.570. The molecule has 9 heteroatoms. The molecule has 0 saturated heterocycles. The number of benzene rings is 2. The first kappa shape index (κ1) is 26.5. The number of ether oxygens (including phenoxy) is 1. The number of rotatable bonds is 6. The third-order valence-electron chi connectivity index (χ3n) is 4.60. The highest BCUT2D eigenvalue weighted by Crippen LogP contribution is 2.42. The molecule has 0 fully saturated rings. The molecule has 1 amide bonds. The zero-order chi connectivity index (χ0) is 20.3. The first-order valence-electron chi connectivity index (χ1n) is 9.22. The second-order valence-corrected chi connectivity index (χ2v) is 7.82. The number of carbonyl (C=O) groups is 1. The predicted octanol–water partition coefficient (Wildman–Crippen LogP) is 5.61. The maximum absolute atomic E-state index is 13.1. The van der Waals surface area contributed by atoms with Crippen LogP contribution < -0.4 is 5.73 Å². The molecule has 0 aliphatic carbocycles. The van der Waals surface area contributed by atoms with Crippen molar-refractivity contribution in [3.8, 4) is 0 Å². The lowest BCUT2D eigenvalue weighted by atomic mass is 9.95. The van der Waals surface area contributed by atoms with Crippen molar-refractivity contribution in [2.24, 2.45) is 16.8 Å². The predicted molar refractivity (Wildman–Crippen MR) is 127 cm³/mol. The third-order valence-corrected chi connectivity index (χ3v) is 5.17. The van der Waals surface area contributed by atoms with Crippen LogP contribution in [0, 0.1) is 5.92 Å². The van der Waals surface area contributed by atoms with Crippen LogP contribution in [0.4, 0.5) is 0 Å². The van der Waals surface area contributed by atoms with Gasteiger partial charge in [-0.15, -0.1) is 29.9 Å². The van der Waals surface area contributed by atoms with Crippen LogP contribution in [0.3, 0.4) is 0 Å². The molecule has 1 aliphatic heterocycles. The molecular formula is C21H25Cl4N3O2. The van der Waals surface area contributed by atoms with Crippen molar-refractivity contribution in [1.29, 1.82) is 0 Å². The SMILES string of the molecule is CC(C)C(=O)N1N=C(c2cc(Cl)ccc2Cl)OC1(CCCN)c1ccccc1.Cl.Cl. The summed E-state index contributed by atoms with van der Waals surface area (Å²) in [5, 5.41) is 6.95. The molecule has 1 atom stereocenters. The Morgan fingerprint density at radius 2 is 1.83 bits per heavy atom. The average molecular weight is 493 g/mol. The van der Waals surface area contributed by atoms with Crippen molar-refractivity contribution in [3.05, 3.63) is 69.7 Å². The number of hydrazone groups is 1. The summed E-state index contributed by atoms with van der Waals surface area (Å²) in [7, 11) is 0. The number of hydrogen-bond acceptors (Lipinski definition) is 4. The average Bonchev–Trinajstić information content (AvgIpc) is 3.08. The van der Waals surface area contributed by atoms with Gasteiger partial charge in [-0.3, -0.25) is 4.79 Å². The van der Waals surface area contributed by atoms with E-state index < -0.39 is 5.72 Å². The van der Waals surface area contributed by atoms with Crippen LogP contribution in [0.5, 0.6) is 0 Å². The summed E-state index contributed by atoms with van der Waals surface area (Å²) in [6.45, 7) is 4.14. The Bertz CT molecular complexity index is 893. The molecule has 164 valence electrons. The van der Waals surface area contributed by atoms with Gasteiger partial charge in [0.1, 0.15) is 0 Å². The molecule has 2 aromatic carbocycles. The molecule has 5 nitrogen and oxygen atoms in total. The molecule has 0 spiro atoms. The Morgan fingerprint density at radius 3 is 2.43 bits per heavy atom. The molecule has 0 saturated carbocycles. The molecule has 30 heavy (non-hydrogen) atoms. The van der Waals surface area contributed by atoms with Gasteiger partial charge in [-0.2, -0.15) is 5.01 Å². The number of nitrogens with zero attached hydrogens (tertiary/aromatic N) is 2. The van der Waals surface area contributed by atoms with E-state index in [1.165, 1.54) is 5.01 Å². The van der Waals surface area contributed by atoms with Crippen molar-refractivity contribution in [2.75, 3.05) is 6.54 Å². The zero-order valence-corrected chi connectivity index (χ0v) is 19.8. The largest absolute Gasteiger partial charge is 0.443 e. The molecule has 0 radical (unpaired) electrons. The van der Waals surface area contributed by atoms with Crippen molar-refractivity contribution >= 4 is 59.8 Å². The minimum Gasteiger partial charge on any atom is -0.443 e. The molecule has 2 aromatic rings. The number of nitrogens with two attached hydrogens (primary N) is 1. The third kappa shape index (κ3) is 5.21. The minimum absolute atomic E-state index is 0. The Kier molecular flexibility index (Phi) is 9.92. The summed E-state index contributed by atoms with van der Waals surface area (Å²) in [6.07, 6.45) is 1.15. The van der Waals surface area contributed by atoms with E-state index in [0.29, 0.717) is 35.0 Å². The molecule has 1 unspecified atom stereocenters. The Hall–Kier alpha value is -1.50. The second-order valence-electron chi connectivity index (χ2n) is 6.98. The molecular weight excluding hydrogens is 468 g/mol. The van der Waals surface area contributed by atoms with E-state index >= 15 is 0 Å². The van der Waals surface area contributed by atoms with E-state index in [1.54, 1.807) is 18.2 Å². The van der Waals surface area contributed by atoms with E-state index in [2.05, 4.69) is 5.10 Å². The topological polar surface area (TPSA) is 67.9 Å². The van der Waals surface area contributed by atoms with Crippen LogP contribution >= 0.6 is 48.0 Å². The van der Waals surface area contributed by atoms with Crippen LogP contribution in [0.25, 0.3) is 0 Å². The van der Waals surface area contributed by atoms with E-state index in [-0.39, 0.29) is 42.5 Å². The van der Waals surface area contributed by atoms with Crippen molar-refractivity contribution in [3.63, 3.8) is 0 Å². The maximum atomic E-state index is 13.1. The minimum atomic E-state index is -1.08. The van der Waals surface area contributed by atoms with Gasteiger partial charge >= 0.3 is 0 Å². The molecule has 3 rings (SSSR count). The number of hydrogen-bond donors (Lipinski definition) is 1. The fraction of sp³-hybridized carbons (Fsp3) is 0.333. The van der Waals surface area contributed by atoms with Crippen LogP contribution in [-0.4, -0.2) is 23.4 Å². The van der Waals surface area contributed by atoms with E-state index in [1.807, 2.05) is 44.2 Å². The second kappa shape index (κ2) is 11.2. The molecule has 2 N–H and O–H groups in total. The number of halogens is 4. The lowest BCUT2D eigenvalue weighted by Crippen LogP contribution is -2.46. The molecule has 1 heterocycles. The summed E-state index contributed by atoms with van der Waals surface area (Å²) in [5.74, 6) is -0.140. The van der Waals surface area contributed by atoms with Crippen molar-refractivity contribution in [1.82, 2.24) is 5.01 Å². The van der Waals surface area contributed by atoms with Crippen LogP contribution in [0.2, 0.25) is 10.0 Å². The Labute approximate surface area is 199 Å². The van der Waals surface area contributed by atoms with Gasteiger partial charge in [0.05, 0.1) is 10.6 Å². The summed E-state index contributed by atoms with van der Waals surface area (Å²) in [6, 6.07) is 14.6. The van der Waals surface area contributed by atoms with E-state index in [0.717, 1.165) is 5.56 Å². The lowest BCUT2D eigenvalue weighted by molar-refractivity contribution is -0.156. The van der Waals surface area contributed by atoms with Gasteiger partial charge in [-0.05, 0) is 31.2 Å². The smallest absolute Gasteiger partial charge is 0.249 e. The molecule has 1 aliphatic rings. The van der Waals surface area contributed by atoms with Gasteiger partial charge in [0.25, 0.3) is 0 Å². The standard InChI is InChI=1S/C21H23Cl2N3O2.2ClH/c1-14(2)20(27)26-21(11-6-12-24,15-7-4-3-5-8-15)28-19(25-26)17-13-16(22)9-10-18(17)23;;/h3-5,7-10,13-14H,6,11-12,24H2,1-2H3;2*1H. The summed E-state index contributed by atoms with van der Waals surface area (Å²) < 4.78 is 6.40. The van der Waals surface area contributed by atoms with Crippen molar-refractivity contribution in [2.45, 2.75) is 32.4 Å². The van der Waals surface area contributed by atoms with Gasteiger partial charge in [-0.25, -0.2) is 0 Å². The summed E-state index contributed by atoms with van der Waals surface area (Å²) in [4.78, 5) is 13.1. The van der Waals surface area contributed by atoms with Gasteiger partial charge in [0.2, 0.25) is 17.5 Å². The zero-order valence-electron chi connectivity index (χ0n) is 16.7. The van der Waals surface area contributed by atoms with Crippen molar-refractivity contribution < 1.29 is 9.53 Å². The fourth-order valence-electron chi connectivity index (χ4n) is 3.16. The van der Waals surface area contributed by atoms with Crippen LogP contribution in [0.15, 0.2) is 53.6 Å². The highest BCUT2D eigenvalue weighted by molar-refractivity contribution is 6.35. The van der Waals surface area contributed by atoms with Gasteiger partial charge in [0.15, 0.2) is 0 Å². The normalized spacial score (nSPS) is 17.7. The highest BCUT2D eigenvalue weighted by atomic mass is 35.5. The number of amides is 1. The molecule has 0 aromatic heterocycles. The molecule has 0 bridgehead atoms. The fourth-order valence-corrected chi connectivity index (χ4v) is 3.53. The van der Waals surface area contributed by atoms with Gasteiger partial charge in [0, 0.05) is 22.9 Å². The first-order chi connectivity index (χ1) is 13.4. The Balaban J connectivity index is 0.00000225. The lowest BCUT2D eigenvalue weighted by Gasteiger charge is -2.36. The van der Waals surface area contributed by atoms with Crippen LogP contribution in [-0.2, 0) is 15.3 Å². The number of carbonyl (C=O) groups excluding carboxylic acids is 1. The summed E-state index contributed by atoms with van der Waals surface area (Å²) >= 11 is 12.5. The first-order valence-corrected chi connectivity index (χ1v) is 9.97. The summed E-state index contributed by atoms with van der Waals surface area (Å²) in [5.41, 5.74) is 6.07. The van der Waals surface area contributed by atoms with Gasteiger partial charge in [-0.1, -0.05) is 67.4 Å². The Morgan fingerprint density at radius 1 is 1.17 bits per heavy atom. The van der Waals surface area contributed by atoms with Gasteiger partial charge < -0.3 is 10.5 Å². The maximum Gasteiger partial charge on any atom is 0.249 e.